The summed E-state index contributed by atoms with van der Waals surface area (Å²) < 4.78 is 0. The van der Waals surface area contributed by atoms with Gasteiger partial charge in [0.05, 0.1) is 12.2 Å². The number of carbonyl (C=O) groups excluding carboxylic acids is 3. The summed E-state index contributed by atoms with van der Waals surface area (Å²) in [5.41, 5.74) is 7.71. The van der Waals surface area contributed by atoms with E-state index in [1.807, 2.05) is 55.5 Å². The molecule has 2 aromatic rings. The number of rotatable bonds is 6. The number of hydrazine groups is 1. The third-order valence-corrected chi connectivity index (χ3v) is 5.43. The van der Waals surface area contributed by atoms with Gasteiger partial charge in [-0.3, -0.25) is 25.2 Å². The molecule has 1 aliphatic heterocycles. The fourth-order valence-corrected chi connectivity index (χ4v) is 3.60. The molecule has 0 aliphatic carbocycles. The van der Waals surface area contributed by atoms with E-state index in [9.17, 15) is 14.4 Å². The van der Waals surface area contributed by atoms with Crippen molar-refractivity contribution < 1.29 is 14.4 Å². The first-order valence-corrected chi connectivity index (χ1v) is 10.2. The van der Waals surface area contributed by atoms with E-state index in [2.05, 4.69) is 10.9 Å². The summed E-state index contributed by atoms with van der Waals surface area (Å²) in [5.74, 6) is -0.195. The lowest BCUT2D eigenvalue weighted by atomic mass is 10.1. The molecule has 6 nitrogen and oxygen atoms in total. The molecule has 1 saturated heterocycles. The second-order valence-electron chi connectivity index (χ2n) is 6.69. The molecule has 7 heteroatoms. The Kier molecular flexibility index (Phi) is 6.71. The first-order valence-electron chi connectivity index (χ1n) is 9.18. The first-order chi connectivity index (χ1) is 13.5. The minimum Gasteiger partial charge on any atom is -0.312 e. The van der Waals surface area contributed by atoms with E-state index < -0.39 is 0 Å². The van der Waals surface area contributed by atoms with Gasteiger partial charge in [-0.1, -0.05) is 29.8 Å². The predicted octanol–water partition coefficient (Wildman–Crippen LogP) is 2.60. The molecule has 0 unspecified atom stereocenters. The number of anilines is 1. The van der Waals surface area contributed by atoms with Crippen molar-refractivity contribution in [1.29, 1.82) is 0 Å². The molecule has 146 valence electrons. The van der Waals surface area contributed by atoms with Gasteiger partial charge >= 0.3 is 0 Å². The quantitative estimate of drug-likeness (QED) is 0.580. The van der Waals surface area contributed by atoms with Gasteiger partial charge in [0, 0.05) is 23.5 Å². The van der Waals surface area contributed by atoms with Crippen LogP contribution in [0.4, 0.5) is 5.69 Å². The summed E-state index contributed by atoms with van der Waals surface area (Å²) in [4.78, 5) is 38.4. The Morgan fingerprint density at radius 3 is 2.32 bits per heavy atom. The lowest BCUT2D eigenvalue weighted by Gasteiger charge is -2.15. The molecule has 1 heterocycles. The highest BCUT2D eigenvalue weighted by atomic mass is 32.2. The highest BCUT2D eigenvalue weighted by molar-refractivity contribution is 8.00. The Balaban J connectivity index is 1.40. The minimum atomic E-state index is -0.293. The van der Waals surface area contributed by atoms with Gasteiger partial charge < -0.3 is 4.90 Å². The Morgan fingerprint density at radius 2 is 1.68 bits per heavy atom. The Morgan fingerprint density at radius 1 is 1.00 bits per heavy atom. The second kappa shape index (κ2) is 9.41. The van der Waals surface area contributed by atoms with Crippen molar-refractivity contribution in [3.63, 3.8) is 0 Å². The van der Waals surface area contributed by atoms with Crippen LogP contribution in [-0.2, 0) is 20.8 Å². The molecule has 1 fully saturated rings. The van der Waals surface area contributed by atoms with E-state index in [0.717, 1.165) is 29.1 Å². The molecule has 0 aromatic heterocycles. The number of amides is 3. The Hall–Kier alpha value is -2.80. The summed E-state index contributed by atoms with van der Waals surface area (Å²) in [6, 6.07) is 15.3. The molecule has 1 aliphatic rings. The topological polar surface area (TPSA) is 78.5 Å². The number of aryl methyl sites for hydroxylation is 1. The van der Waals surface area contributed by atoms with E-state index in [4.69, 9.17) is 0 Å². The van der Waals surface area contributed by atoms with Crippen LogP contribution >= 0.6 is 11.8 Å². The molecule has 2 aromatic carbocycles. The zero-order chi connectivity index (χ0) is 19.9. The molecule has 0 spiro atoms. The molecule has 3 rings (SSSR count). The molecule has 0 radical (unpaired) electrons. The van der Waals surface area contributed by atoms with E-state index in [1.54, 1.807) is 4.90 Å². The summed E-state index contributed by atoms with van der Waals surface area (Å²) in [6.45, 7) is 2.75. The van der Waals surface area contributed by atoms with Gasteiger partial charge in [0.1, 0.15) is 0 Å². The van der Waals surface area contributed by atoms with Crippen LogP contribution in [0.3, 0.4) is 0 Å². The van der Waals surface area contributed by atoms with E-state index in [0.29, 0.717) is 6.42 Å². The number of hydrogen-bond acceptors (Lipinski definition) is 4. The summed E-state index contributed by atoms with van der Waals surface area (Å²) in [6.07, 6.45) is 1.62. The lowest BCUT2D eigenvalue weighted by molar-refractivity contribution is -0.127. The van der Waals surface area contributed by atoms with Crippen molar-refractivity contribution in [3.8, 4) is 0 Å². The number of thioether (sulfide) groups is 1. The van der Waals surface area contributed by atoms with Crippen LogP contribution in [-0.4, -0.2) is 30.0 Å². The third kappa shape index (κ3) is 5.60. The molecular weight excluding hydrogens is 374 g/mol. The van der Waals surface area contributed by atoms with Crippen molar-refractivity contribution >= 4 is 35.2 Å². The monoisotopic (exact) mass is 397 g/mol. The zero-order valence-corrected chi connectivity index (χ0v) is 16.6. The maximum Gasteiger partial charge on any atom is 0.248 e. The predicted molar refractivity (Wildman–Crippen MR) is 110 cm³/mol. The fraction of sp³-hybridized carbons (Fsp3) is 0.286. The van der Waals surface area contributed by atoms with Crippen LogP contribution < -0.4 is 15.8 Å². The summed E-state index contributed by atoms with van der Waals surface area (Å²) in [5, 5.41) is 0. The molecule has 0 bridgehead atoms. The van der Waals surface area contributed by atoms with Gasteiger partial charge in [-0.2, -0.15) is 0 Å². The van der Waals surface area contributed by atoms with Gasteiger partial charge in [-0.25, -0.2) is 0 Å². The number of benzene rings is 2. The third-order valence-electron chi connectivity index (χ3n) is 4.42. The smallest absolute Gasteiger partial charge is 0.248 e. The Labute approximate surface area is 168 Å². The lowest BCUT2D eigenvalue weighted by Crippen LogP contribution is -2.43. The average Bonchev–Trinajstić information content (AvgIpc) is 3.12. The fourth-order valence-electron chi connectivity index (χ4n) is 2.90. The number of hydrogen-bond donors (Lipinski definition) is 2. The molecule has 0 saturated carbocycles. The zero-order valence-electron chi connectivity index (χ0n) is 15.7. The first kappa shape index (κ1) is 19.9. The average molecular weight is 398 g/mol. The van der Waals surface area contributed by atoms with Gasteiger partial charge in [-0.15, -0.1) is 11.8 Å². The largest absolute Gasteiger partial charge is 0.312 e. The van der Waals surface area contributed by atoms with Gasteiger partial charge in [0.15, 0.2) is 0 Å². The van der Waals surface area contributed by atoms with Gasteiger partial charge in [0.25, 0.3) is 0 Å². The number of nitrogens with one attached hydrogen (secondary N) is 2. The van der Waals surface area contributed by atoms with Crippen LogP contribution in [0.15, 0.2) is 53.4 Å². The maximum absolute atomic E-state index is 12.0. The molecule has 3 amide bonds. The van der Waals surface area contributed by atoms with Crippen LogP contribution in [0.2, 0.25) is 0 Å². The van der Waals surface area contributed by atoms with E-state index in [1.165, 1.54) is 17.3 Å². The van der Waals surface area contributed by atoms with Crippen LogP contribution in [0.1, 0.15) is 24.0 Å². The molecule has 0 atom stereocenters. The summed E-state index contributed by atoms with van der Waals surface area (Å²) >= 11 is 1.41. The normalized spacial score (nSPS) is 13.5. The van der Waals surface area contributed by atoms with Crippen LogP contribution in [0.25, 0.3) is 0 Å². The Bertz CT molecular complexity index is 850. The van der Waals surface area contributed by atoms with Crippen molar-refractivity contribution in [2.24, 2.45) is 0 Å². The van der Waals surface area contributed by atoms with Gasteiger partial charge in [0.2, 0.25) is 17.7 Å². The van der Waals surface area contributed by atoms with Crippen LogP contribution in [0, 0.1) is 6.92 Å². The highest BCUT2D eigenvalue weighted by Gasteiger charge is 2.21. The van der Waals surface area contributed by atoms with E-state index in [-0.39, 0.29) is 29.9 Å². The maximum atomic E-state index is 12.0. The van der Waals surface area contributed by atoms with Crippen molar-refractivity contribution in [2.75, 3.05) is 17.2 Å². The summed E-state index contributed by atoms with van der Waals surface area (Å²) in [7, 11) is 0. The minimum absolute atomic E-state index is 0.136. The molecule has 2 N–H and O–H groups in total. The van der Waals surface area contributed by atoms with Crippen molar-refractivity contribution in [1.82, 2.24) is 10.9 Å². The molecular formula is C21H23N3O3S. The highest BCUT2D eigenvalue weighted by Crippen LogP contribution is 2.21. The molecule has 28 heavy (non-hydrogen) atoms. The number of carbonyl (C=O) groups is 3. The second-order valence-corrected chi connectivity index (χ2v) is 7.74. The SMILES string of the molecule is Cc1ccc(SCC(=O)NNC(=O)Cc2ccc(N3CCCC3=O)cc2)cc1. The van der Waals surface area contributed by atoms with Crippen LogP contribution in [0.5, 0.6) is 0 Å². The van der Waals surface area contributed by atoms with E-state index >= 15 is 0 Å². The van der Waals surface area contributed by atoms with Crippen molar-refractivity contribution in [3.05, 3.63) is 59.7 Å². The number of nitrogens with zero attached hydrogens (tertiary/aromatic N) is 1. The van der Waals surface area contributed by atoms with Crippen molar-refractivity contribution in [2.45, 2.75) is 31.1 Å². The standard InChI is InChI=1S/C21H23N3O3S/c1-15-4-10-18(11-5-15)28-14-20(26)23-22-19(25)13-16-6-8-17(9-7-16)24-12-2-3-21(24)27/h4-11H,2-3,12-14H2,1H3,(H,22,25)(H,23,26). The van der Waals surface area contributed by atoms with Gasteiger partial charge in [-0.05, 0) is 43.2 Å².